The van der Waals surface area contributed by atoms with Crippen molar-refractivity contribution >= 4 is 22.5 Å². The second kappa shape index (κ2) is 2.78. The number of aromatic nitrogens is 1. The van der Waals surface area contributed by atoms with Crippen LogP contribution in [0.5, 0.6) is 5.75 Å². The molecule has 2 aromatic rings. The highest BCUT2D eigenvalue weighted by Crippen LogP contribution is 2.30. The van der Waals surface area contributed by atoms with Gasteiger partial charge in [0.15, 0.2) is 0 Å². The van der Waals surface area contributed by atoms with Crippen LogP contribution in [0.15, 0.2) is 29.1 Å². The number of hydrogen-bond donors (Lipinski definition) is 2. The van der Waals surface area contributed by atoms with Crippen LogP contribution in [-0.2, 0) is 0 Å². The summed E-state index contributed by atoms with van der Waals surface area (Å²) in [7, 11) is 0. The molecular formula is C9H6ClNO2. The number of phenols is 1. The maximum atomic E-state index is 10.9. The van der Waals surface area contributed by atoms with Gasteiger partial charge in [-0.05, 0) is 18.2 Å². The molecule has 1 aromatic carbocycles. The van der Waals surface area contributed by atoms with E-state index in [1.807, 2.05) is 0 Å². The minimum absolute atomic E-state index is 0.00424. The number of rotatable bonds is 0. The van der Waals surface area contributed by atoms with Crippen molar-refractivity contribution < 1.29 is 5.11 Å². The third kappa shape index (κ3) is 1.27. The number of aromatic amines is 1. The van der Waals surface area contributed by atoms with Crippen LogP contribution in [0.3, 0.4) is 0 Å². The van der Waals surface area contributed by atoms with Crippen LogP contribution in [0.4, 0.5) is 0 Å². The Bertz CT molecular complexity index is 518. The third-order valence-corrected chi connectivity index (χ3v) is 2.13. The quantitative estimate of drug-likeness (QED) is 0.675. The molecule has 1 heterocycles. The van der Waals surface area contributed by atoms with Crippen molar-refractivity contribution in [2.45, 2.75) is 0 Å². The van der Waals surface area contributed by atoms with Crippen molar-refractivity contribution in [1.29, 1.82) is 0 Å². The number of nitrogens with one attached hydrogen (secondary N) is 1. The van der Waals surface area contributed by atoms with Crippen LogP contribution < -0.4 is 5.56 Å². The van der Waals surface area contributed by atoms with Crippen LogP contribution in [-0.4, -0.2) is 10.1 Å². The molecule has 0 unspecified atom stereocenters. The standard InChI is InChI=1S/C9H6ClNO2/c10-6-2-3-7-5(9(6)13)1-4-8(12)11-7/h1-4,13H,(H,11,12). The van der Waals surface area contributed by atoms with Crippen LogP contribution in [0, 0.1) is 0 Å². The van der Waals surface area contributed by atoms with E-state index in [9.17, 15) is 9.90 Å². The van der Waals surface area contributed by atoms with Crippen molar-refractivity contribution in [2.24, 2.45) is 0 Å². The number of phenolic OH excluding ortho intramolecular Hbond substituents is 1. The van der Waals surface area contributed by atoms with Gasteiger partial charge in [0.2, 0.25) is 5.56 Å². The molecule has 2 rings (SSSR count). The highest BCUT2D eigenvalue weighted by Gasteiger charge is 2.03. The topological polar surface area (TPSA) is 53.1 Å². The molecule has 2 N–H and O–H groups in total. The van der Waals surface area contributed by atoms with Crippen molar-refractivity contribution in [3.63, 3.8) is 0 Å². The Labute approximate surface area is 78.6 Å². The molecule has 0 aliphatic rings. The Kier molecular flexibility index (Phi) is 1.74. The third-order valence-electron chi connectivity index (χ3n) is 1.83. The van der Waals surface area contributed by atoms with Gasteiger partial charge in [0.1, 0.15) is 5.75 Å². The fourth-order valence-corrected chi connectivity index (χ4v) is 1.36. The molecule has 13 heavy (non-hydrogen) atoms. The molecule has 0 saturated heterocycles. The molecule has 0 spiro atoms. The van der Waals surface area contributed by atoms with Gasteiger partial charge in [-0.2, -0.15) is 0 Å². The summed E-state index contributed by atoms with van der Waals surface area (Å²) >= 11 is 5.69. The van der Waals surface area contributed by atoms with Crippen molar-refractivity contribution in [2.75, 3.05) is 0 Å². The average Bonchev–Trinajstić information content (AvgIpc) is 2.12. The zero-order valence-electron chi connectivity index (χ0n) is 6.54. The predicted molar refractivity (Wildman–Crippen MR) is 51.2 cm³/mol. The summed E-state index contributed by atoms with van der Waals surface area (Å²) in [5.41, 5.74) is 0.378. The maximum Gasteiger partial charge on any atom is 0.248 e. The fraction of sp³-hybridized carbons (Fsp3) is 0. The van der Waals surface area contributed by atoms with Gasteiger partial charge in [-0.1, -0.05) is 11.6 Å². The van der Waals surface area contributed by atoms with E-state index < -0.39 is 0 Å². The van der Waals surface area contributed by atoms with Crippen LogP contribution in [0.2, 0.25) is 5.02 Å². The number of aromatic hydroxyl groups is 1. The monoisotopic (exact) mass is 195 g/mol. The first kappa shape index (κ1) is 8.13. The van der Waals surface area contributed by atoms with E-state index in [1.54, 1.807) is 6.07 Å². The second-order valence-electron chi connectivity index (χ2n) is 2.68. The second-order valence-corrected chi connectivity index (χ2v) is 3.09. The normalized spacial score (nSPS) is 10.5. The molecule has 66 valence electrons. The molecule has 0 aliphatic carbocycles. The van der Waals surface area contributed by atoms with E-state index in [0.29, 0.717) is 10.9 Å². The summed E-state index contributed by atoms with van der Waals surface area (Å²) in [4.78, 5) is 13.5. The van der Waals surface area contributed by atoms with Crippen LogP contribution in [0.1, 0.15) is 0 Å². The first-order chi connectivity index (χ1) is 6.18. The average molecular weight is 196 g/mol. The Morgan fingerprint density at radius 3 is 2.77 bits per heavy atom. The number of fused-ring (bicyclic) bond motifs is 1. The molecule has 0 saturated carbocycles. The van der Waals surface area contributed by atoms with E-state index in [2.05, 4.69) is 4.98 Å². The first-order valence-electron chi connectivity index (χ1n) is 3.69. The summed E-state index contributed by atoms with van der Waals surface area (Å²) in [6.07, 6.45) is 0. The summed E-state index contributed by atoms with van der Waals surface area (Å²) in [5, 5.41) is 10.3. The largest absolute Gasteiger partial charge is 0.506 e. The van der Waals surface area contributed by atoms with E-state index in [4.69, 9.17) is 11.6 Å². The zero-order valence-corrected chi connectivity index (χ0v) is 7.30. The van der Waals surface area contributed by atoms with Gasteiger partial charge in [-0.15, -0.1) is 0 Å². The molecule has 0 fully saturated rings. The lowest BCUT2D eigenvalue weighted by molar-refractivity contribution is 0.482. The molecule has 0 radical (unpaired) electrons. The highest BCUT2D eigenvalue weighted by molar-refractivity contribution is 6.33. The van der Waals surface area contributed by atoms with Crippen LogP contribution >= 0.6 is 11.6 Å². The Hall–Kier alpha value is -1.48. The SMILES string of the molecule is O=c1ccc2c(O)c(Cl)ccc2[nH]1. The van der Waals surface area contributed by atoms with Crippen molar-refractivity contribution in [1.82, 2.24) is 4.98 Å². The molecule has 3 nitrogen and oxygen atoms in total. The maximum absolute atomic E-state index is 10.9. The highest BCUT2D eigenvalue weighted by atomic mass is 35.5. The zero-order chi connectivity index (χ0) is 9.42. The van der Waals surface area contributed by atoms with Gasteiger partial charge in [-0.3, -0.25) is 4.79 Å². The minimum atomic E-state index is -0.200. The first-order valence-corrected chi connectivity index (χ1v) is 4.07. The number of benzene rings is 1. The molecule has 0 atom stereocenters. The van der Waals surface area contributed by atoms with Gasteiger partial charge in [0, 0.05) is 11.5 Å². The summed E-state index contributed by atoms with van der Waals surface area (Å²) in [6, 6.07) is 6.07. The Balaban J connectivity index is 2.95. The lowest BCUT2D eigenvalue weighted by atomic mass is 10.2. The molecule has 0 aliphatic heterocycles. The number of pyridine rings is 1. The van der Waals surface area contributed by atoms with E-state index >= 15 is 0 Å². The summed E-state index contributed by atoms with van der Waals surface area (Å²) < 4.78 is 0. The van der Waals surface area contributed by atoms with Gasteiger partial charge in [-0.25, -0.2) is 0 Å². The van der Waals surface area contributed by atoms with Gasteiger partial charge in [0.25, 0.3) is 0 Å². The molecular weight excluding hydrogens is 190 g/mol. The number of H-pyrrole nitrogens is 1. The van der Waals surface area contributed by atoms with Crippen LogP contribution in [0.25, 0.3) is 10.9 Å². The molecule has 1 aromatic heterocycles. The Morgan fingerprint density at radius 2 is 2.00 bits per heavy atom. The van der Waals surface area contributed by atoms with Gasteiger partial charge >= 0.3 is 0 Å². The van der Waals surface area contributed by atoms with Crippen molar-refractivity contribution in [3.8, 4) is 5.75 Å². The molecule has 0 bridgehead atoms. The molecule has 0 amide bonds. The van der Waals surface area contributed by atoms with E-state index in [0.717, 1.165) is 0 Å². The van der Waals surface area contributed by atoms with E-state index in [-0.39, 0.29) is 16.3 Å². The predicted octanol–water partition coefficient (Wildman–Crippen LogP) is 1.89. The summed E-state index contributed by atoms with van der Waals surface area (Å²) in [5.74, 6) is -0.00424. The fourth-order valence-electron chi connectivity index (χ4n) is 1.19. The van der Waals surface area contributed by atoms with E-state index in [1.165, 1.54) is 18.2 Å². The van der Waals surface area contributed by atoms with Gasteiger partial charge in [0.05, 0.1) is 10.5 Å². The molecule has 4 heteroatoms. The number of halogens is 1. The lowest BCUT2D eigenvalue weighted by Crippen LogP contribution is -2.01. The Morgan fingerprint density at radius 1 is 1.23 bits per heavy atom. The number of hydrogen-bond acceptors (Lipinski definition) is 2. The van der Waals surface area contributed by atoms with Crippen molar-refractivity contribution in [3.05, 3.63) is 39.6 Å². The smallest absolute Gasteiger partial charge is 0.248 e. The minimum Gasteiger partial charge on any atom is -0.506 e. The lowest BCUT2D eigenvalue weighted by Gasteiger charge is -2.01. The van der Waals surface area contributed by atoms with Gasteiger partial charge < -0.3 is 10.1 Å². The summed E-state index contributed by atoms with van der Waals surface area (Å²) in [6.45, 7) is 0.